The molecule has 0 spiro atoms. The molecule has 0 amide bonds. The number of rotatable bonds is 3. The molecule has 0 bridgehead atoms. The fourth-order valence-corrected chi connectivity index (χ4v) is 1.36. The lowest BCUT2D eigenvalue weighted by molar-refractivity contribution is -0.0512. The molecule has 0 aromatic heterocycles. The van der Waals surface area contributed by atoms with Gasteiger partial charge in [-0.3, -0.25) is 0 Å². The van der Waals surface area contributed by atoms with Crippen LogP contribution in [0.15, 0.2) is 12.1 Å². The Morgan fingerprint density at radius 3 is 2.36 bits per heavy atom. The Hall–Kier alpha value is -1.32. The summed E-state index contributed by atoms with van der Waals surface area (Å²) in [5.74, 6) is 0.441. The van der Waals surface area contributed by atoms with Crippen LogP contribution in [-0.4, -0.2) is 13.7 Å². The number of hydrogen-bond acceptors (Lipinski definition) is 2. The molecule has 0 saturated heterocycles. The molecule has 0 unspecified atom stereocenters. The normalized spacial score (nSPS) is 10.4. The second-order valence-electron chi connectivity index (χ2n) is 2.99. The first kappa shape index (κ1) is 10.8. The maximum Gasteiger partial charge on any atom is 0.387 e. The first-order valence-corrected chi connectivity index (χ1v) is 4.14. The number of hydrogen-bond donors (Lipinski definition) is 0. The molecule has 0 aliphatic carbocycles. The monoisotopic (exact) mass is 202 g/mol. The Morgan fingerprint density at radius 1 is 1.21 bits per heavy atom. The predicted octanol–water partition coefficient (Wildman–Crippen LogP) is 2.91. The molecule has 0 N–H and O–H groups in total. The van der Waals surface area contributed by atoms with Crippen molar-refractivity contribution in [2.24, 2.45) is 0 Å². The van der Waals surface area contributed by atoms with Crippen molar-refractivity contribution >= 4 is 0 Å². The summed E-state index contributed by atoms with van der Waals surface area (Å²) in [5, 5.41) is 0. The van der Waals surface area contributed by atoms with Crippen molar-refractivity contribution in [1.82, 2.24) is 0 Å². The number of aryl methyl sites for hydroxylation is 2. The molecular weight excluding hydrogens is 190 g/mol. The summed E-state index contributed by atoms with van der Waals surface area (Å²) in [6.45, 7) is 0.764. The van der Waals surface area contributed by atoms with Gasteiger partial charge in [-0.2, -0.15) is 8.78 Å². The van der Waals surface area contributed by atoms with Crippen molar-refractivity contribution in [3.05, 3.63) is 23.3 Å². The zero-order chi connectivity index (χ0) is 10.7. The molecule has 1 rings (SSSR count). The van der Waals surface area contributed by atoms with Crippen molar-refractivity contribution < 1.29 is 18.3 Å². The van der Waals surface area contributed by atoms with Crippen LogP contribution in [0.4, 0.5) is 8.78 Å². The smallest absolute Gasteiger partial charge is 0.387 e. The van der Waals surface area contributed by atoms with E-state index in [2.05, 4.69) is 4.74 Å². The van der Waals surface area contributed by atoms with Crippen LogP contribution in [0, 0.1) is 13.8 Å². The summed E-state index contributed by atoms with van der Waals surface area (Å²) in [6, 6.07) is 3.37. The lowest BCUT2D eigenvalue weighted by Crippen LogP contribution is -2.04. The first-order valence-electron chi connectivity index (χ1n) is 4.14. The molecule has 1 aromatic carbocycles. The average molecular weight is 202 g/mol. The van der Waals surface area contributed by atoms with Crippen molar-refractivity contribution in [3.8, 4) is 11.5 Å². The van der Waals surface area contributed by atoms with Crippen LogP contribution in [0.5, 0.6) is 11.5 Å². The molecule has 78 valence electrons. The highest BCUT2D eigenvalue weighted by Gasteiger charge is 2.12. The second kappa shape index (κ2) is 4.26. The van der Waals surface area contributed by atoms with Gasteiger partial charge in [0.2, 0.25) is 0 Å². The highest BCUT2D eigenvalue weighted by molar-refractivity contribution is 5.48. The molecule has 0 heterocycles. The SMILES string of the molecule is COc1c(C)cc(C)cc1OC(F)F. The van der Waals surface area contributed by atoms with Crippen LogP contribution in [0.2, 0.25) is 0 Å². The van der Waals surface area contributed by atoms with E-state index in [4.69, 9.17) is 4.74 Å². The molecule has 0 fully saturated rings. The van der Waals surface area contributed by atoms with Gasteiger partial charge in [0.05, 0.1) is 7.11 Å². The molecule has 0 aliphatic rings. The van der Waals surface area contributed by atoms with Crippen molar-refractivity contribution in [3.63, 3.8) is 0 Å². The van der Waals surface area contributed by atoms with Gasteiger partial charge in [-0.1, -0.05) is 6.07 Å². The van der Waals surface area contributed by atoms with E-state index in [1.54, 1.807) is 6.92 Å². The van der Waals surface area contributed by atoms with Crippen LogP contribution in [0.1, 0.15) is 11.1 Å². The maximum atomic E-state index is 12.0. The zero-order valence-electron chi connectivity index (χ0n) is 8.30. The summed E-state index contributed by atoms with van der Waals surface area (Å²) in [5.41, 5.74) is 1.64. The number of benzene rings is 1. The maximum absolute atomic E-state index is 12.0. The summed E-state index contributed by atoms with van der Waals surface area (Å²) in [7, 11) is 1.43. The molecular formula is C10H12F2O2. The van der Waals surface area contributed by atoms with Crippen molar-refractivity contribution in [2.75, 3.05) is 7.11 Å². The molecule has 0 radical (unpaired) electrons. The van der Waals surface area contributed by atoms with E-state index >= 15 is 0 Å². The minimum Gasteiger partial charge on any atom is -0.493 e. The van der Waals surface area contributed by atoms with Gasteiger partial charge in [0.15, 0.2) is 11.5 Å². The Bertz CT molecular complexity index is 324. The van der Waals surface area contributed by atoms with Crippen molar-refractivity contribution in [2.45, 2.75) is 20.5 Å². The summed E-state index contributed by atoms with van der Waals surface area (Å²) in [4.78, 5) is 0. The van der Waals surface area contributed by atoms with E-state index in [9.17, 15) is 8.78 Å². The predicted molar refractivity (Wildman–Crippen MR) is 49.1 cm³/mol. The minimum absolute atomic E-state index is 0.0833. The number of ether oxygens (including phenoxy) is 2. The Kier molecular flexibility index (Phi) is 3.28. The third kappa shape index (κ3) is 2.34. The third-order valence-electron chi connectivity index (χ3n) is 1.81. The van der Waals surface area contributed by atoms with Gasteiger partial charge in [0.1, 0.15) is 0 Å². The number of halogens is 2. The second-order valence-corrected chi connectivity index (χ2v) is 2.99. The lowest BCUT2D eigenvalue weighted by Gasteiger charge is -2.12. The van der Waals surface area contributed by atoms with Gasteiger partial charge in [0.25, 0.3) is 0 Å². The third-order valence-corrected chi connectivity index (χ3v) is 1.81. The molecule has 0 atom stereocenters. The fraction of sp³-hybridized carbons (Fsp3) is 0.400. The topological polar surface area (TPSA) is 18.5 Å². The zero-order valence-corrected chi connectivity index (χ0v) is 8.30. The van der Waals surface area contributed by atoms with Gasteiger partial charge in [-0.25, -0.2) is 0 Å². The van der Waals surface area contributed by atoms with E-state index in [0.717, 1.165) is 11.1 Å². The van der Waals surface area contributed by atoms with Crippen LogP contribution in [-0.2, 0) is 0 Å². The van der Waals surface area contributed by atoms with Crippen molar-refractivity contribution in [1.29, 1.82) is 0 Å². The Morgan fingerprint density at radius 2 is 1.86 bits per heavy atom. The van der Waals surface area contributed by atoms with E-state index in [1.807, 2.05) is 13.0 Å². The fourth-order valence-electron chi connectivity index (χ4n) is 1.36. The molecule has 14 heavy (non-hydrogen) atoms. The molecule has 0 saturated carbocycles. The first-order chi connectivity index (χ1) is 6.54. The van der Waals surface area contributed by atoms with Crippen LogP contribution >= 0.6 is 0 Å². The van der Waals surface area contributed by atoms with E-state index < -0.39 is 6.61 Å². The number of methoxy groups -OCH3 is 1. The Balaban J connectivity index is 3.11. The van der Waals surface area contributed by atoms with E-state index in [0.29, 0.717) is 5.75 Å². The highest BCUT2D eigenvalue weighted by atomic mass is 19.3. The largest absolute Gasteiger partial charge is 0.493 e. The summed E-state index contributed by atoms with van der Waals surface area (Å²) in [6.07, 6.45) is 0. The highest BCUT2D eigenvalue weighted by Crippen LogP contribution is 2.32. The molecule has 4 heteroatoms. The van der Waals surface area contributed by atoms with Gasteiger partial charge >= 0.3 is 6.61 Å². The van der Waals surface area contributed by atoms with Gasteiger partial charge in [-0.05, 0) is 31.0 Å². The average Bonchev–Trinajstić information content (AvgIpc) is 2.01. The standard InChI is InChI=1S/C10H12F2O2/c1-6-4-7(2)9(13-3)8(5-6)14-10(11)12/h4-5,10H,1-3H3. The Labute approximate surface area is 81.4 Å². The molecule has 1 aromatic rings. The van der Waals surface area contributed by atoms with Gasteiger partial charge in [-0.15, -0.1) is 0 Å². The minimum atomic E-state index is -2.83. The van der Waals surface area contributed by atoms with Crippen LogP contribution in [0.25, 0.3) is 0 Å². The summed E-state index contributed by atoms with van der Waals surface area (Å²) < 4.78 is 33.4. The summed E-state index contributed by atoms with van der Waals surface area (Å²) >= 11 is 0. The quantitative estimate of drug-likeness (QED) is 0.750. The van der Waals surface area contributed by atoms with E-state index in [-0.39, 0.29) is 5.75 Å². The molecule has 0 aliphatic heterocycles. The van der Waals surface area contributed by atoms with Crippen LogP contribution < -0.4 is 9.47 Å². The molecule has 2 nitrogen and oxygen atoms in total. The van der Waals surface area contributed by atoms with Crippen LogP contribution in [0.3, 0.4) is 0 Å². The van der Waals surface area contributed by atoms with Gasteiger partial charge in [0, 0.05) is 0 Å². The van der Waals surface area contributed by atoms with E-state index in [1.165, 1.54) is 13.2 Å². The van der Waals surface area contributed by atoms with Gasteiger partial charge < -0.3 is 9.47 Å². The lowest BCUT2D eigenvalue weighted by atomic mass is 10.1. The number of alkyl halides is 2.